The number of unbranched alkanes of at least 4 members (excludes halogenated alkanes) is 4. The Morgan fingerprint density at radius 1 is 0.558 bits per heavy atom. The van der Waals surface area contributed by atoms with Gasteiger partial charge in [0.25, 0.3) is 23.6 Å². The molecule has 6 amide bonds. The highest BCUT2D eigenvalue weighted by atomic mass is 16.2. The minimum atomic E-state index is -0.430. The third-order valence-corrected chi connectivity index (χ3v) is 15.2. The Bertz CT molecular complexity index is 3510. The number of amides is 6. The summed E-state index contributed by atoms with van der Waals surface area (Å²) in [4.78, 5) is 98.5. The number of benzene rings is 4. The SMILES string of the molecule is C#C/C=C\c1cc(NC(=O)CCCCC[N+](C)(C)CCCN2C(=O)c3ccc4c5c(ccc(c35)C2=O)C(=O)N(CCC[N+](C)(C)CCCCCC(=O)Nc2cc3cccnc3c3ncccc23)C4=O)c2cccnc2c1C. The number of carbonyl (C=O) groups is 6. The van der Waals surface area contributed by atoms with E-state index in [2.05, 4.69) is 59.7 Å². The average Bonchev–Trinajstić information content (AvgIpc) is 3.49. The first-order valence-corrected chi connectivity index (χ1v) is 26.7. The van der Waals surface area contributed by atoms with Crippen LogP contribution in [0.25, 0.3) is 49.6 Å². The number of fused-ring (bicyclic) bond motifs is 4. The molecular weight excluding hydrogens is 967 g/mol. The molecule has 15 nitrogen and oxygen atoms in total. The first kappa shape index (κ1) is 53.6. The quantitative estimate of drug-likeness (QED) is 0.0208. The Balaban J connectivity index is 0.712. The van der Waals surface area contributed by atoms with Crippen molar-refractivity contribution in [2.75, 3.05) is 78.1 Å². The van der Waals surface area contributed by atoms with Gasteiger partial charge >= 0.3 is 0 Å². The normalized spacial score (nSPS) is 13.7. The number of aromatic nitrogens is 3. The number of aryl methyl sites for hydroxylation is 1. The number of hydrogen-bond acceptors (Lipinski definition) is 9. The summed E-state index contributed by atoms with van der Waals surface area (Å²) in [6.45, 7) is 5.63. The topological polar surface area (TPSA) is 172 Å². The van der Waals surface area contributed by atoms with Crippen molar-refractivity contribution in [2.24, 2.45) is 0 Å². The molecule has 15 heteroatoms. The van der Waals surface area contributed by atoms with Crippen molar-refractivity contribution in [2.45, 2.75) is 71.1 Å². The van der Waals surface area contributed by atoms with Crippen LogP contribution in [0.15, 0.2) is 97.5 Å². The molecule has 0 radical (unpaired) electrons. The van der Waals surface area contributed by atoms with Crippen LogP contribution in [0.5, 0.6) is 0 Å². The Kier molecular flexibility index (Phi) is 16.0. The number of pyridine rings is 3. The lowest BCUT2D eigenvalue weighted by Gasteiger charge is -2.34. The second-order valence-corrected chi connectivity index (χ2v) is 21.7. The zero-order chi connectivity index (χ0) is 54.4. The number of carbonyl (C=O) groups excluding carboxylic acids is 6. The Morgan fingerprint density at radius 2 is 0.987 bits per heavy atom. The Morgan fingerprint density at radius 3 is 1.48 bits per heavy atom. The number of rotatable bonds is 23. The van der Waals surface area contributed by atoms with Crippen LogP contribution in [-0.2, 0) is 9.59 Å². The molecule has 9 rings (SSSR count). The van der Waals surface area contributed by atoms with Gasteiger partial charge in [-0.2, -0.15) is 0 Å². The number of hydrogen-bond donors (Lipinski definition) is 2. The van der Waals surface area contributed by atoms with Gasteiger partial charge in [-0.25, -0.2) is 0 Å². The monoisotopic (exact) mass is 1030 g/mol. The molecule has 0 fully saturated rings. The number of imide groups is 2. The predicted octanol–water partition coefficient (Wildman–Crippen LogP) is 9.96. The summed E-state index contributed by atoms with van der Waals surface area (Å²) in [5, 5.41) is 9.57. The summed E-state index contributed by atoms with van der Waals surface area (Å²) in [7, 11) is 8.52. The van der Waals surface area contributed by atoms with Crippen molar-refractivity contribution in [3.63, 3.8) is 0 Å². The molecule has 5 heterocycles. The van der Waals surface area contributed by atoms with E-state index in [1.54, 1.807) is 48.9 Å². The van der Waals surface area contributed by atoms with E-state index in [0.717, 1.165) is 114 Å². The van der Waals surface area contributed by atoms with Crippen LogP contribution in [0.3, 0.4) is 0 Å². The van der Waals surface area contributed by atoms with Gasteiger partial charge in [0.15, 0.2) is 0 Å². The van der Waals surface area contributed by atoms with Gasteiger partial charge in [-0.15, -0.1) is 6.42 Å². The van der Waals surface area contributed by atoms with Crippen molar-refractivity contribution in [3.8, 4) is 12.3 Å². The number of terminal acetylenes is 1. The highest BCUT2D eigenvalue weighted by Crippen LogP contribution is 2.38. The molecule has 0 spiro atoms. The van der Waals surface area contributed by atoms with E-state index >= 15 is 0 Å². The molecule has 2 aliphatic heterocycles. The lowest BCUT2D eigenvalue weighted by Crippen LogP contribution is -2.46. The number of quaternary nitrogens is 2. The van der Waals surface area contributed by atoms with Gasteiger partial charge in [0, 0.05) is 107 Å². The maximum Gasteiger partial charge on any atom is 0.261 e. The van der Waals surface area contributed by atoms with E-state index in [-0.39, 0.29) is 24.9 Å². The molecule has 0 unspecified atom stereocenters. The second-order valence-electron chi connectivity index (χ2n) is 21.7. The Labute approximate surface area is 449 Å². The van der Waals surface area contributed by atoms with Crippen molar-refractivity contribution in [3.05, 3.63) is 131 Å². The van der Waals surface area contributed by atoms with Crippen LogP contribution in [0.4, 0.5) is 11.4 Å². The van der Waals surface area contributed by atoms with E-state index in [1.807, 2.05) is 61.5 Å². The van der Waals surface area contributed by atoms with Gasteiger partial charge in [0.2, 0.25) is 11.8 Å². The van der Waals surface area contributed by atoms with Gasteiger partial charge in [-0.05, 0) is 135 Å². The van der Waals surface area contributed by atoms with E-state index in [9.17, 15) is 28.8 Å². The fourth-order valence-corrected chi connectivity index (χ4v) is 11.0. The molecule has 77 heavy (non-hydrogen) atoms. The molecule has 0 saturated heterocycles. The highest BCUT2D eigenvalue weighted by Gasteiger charge is 2.40. The summed E-state index contributed by atoms with van der Waals surface area (Å²) in [5.74, 6) is 0.698. The molecule has 2 aliphatic rings. The third-order valence-electron chi connectivity index (χ3n) is 15.2. The summed E-state index contributed by atoms with van der Waals surface area (Å²) in [6.07, 6.45) is 21.1. The molecule has 0 bridgehead atoms. The number of allylic oxidation sites excluding steroid dienone is 1. The van der Waals surface area contributed by atoms with Crippen LogP contribution >= 0.6 is 0 Å². The molecule has 0 saturated carbocycles. The summed E-state index contributed by atoms with van der Waals surface area (Å²) >= 11 is 0. The average molecular weight is 1030 g/mol. The molecule has 3 aromatic heterocycles. The summed E-state index contributed by atoms with van der Waals surface area (Å²) in [6, 6.07) is 21.8. The number of anilines is 2. The van der Waals surface area contributed by atoms with Crippen LogP contribution in [-0.4, -0.2) is 137 Å². The van der Waals surface area contributed by atoms with E-state index in [1.165, 1.54) is 9.80 Å². The number of nitrogens with one attached hydrogen (secondary N) is 2. The lowest BCUT2D eigenvalue weighted by molar-refractivity contribution is -0.890. The number of nitrogens with zero attached hydrogens (tertiary/aromatic N) is 7. The predicted molar refractivity (Wildman–Crippen MR) is 303 cm³/mol. The fraction of sp³-hybridized carbons (Fsp3) is 0.339. The molecule has 7 aromatic rings. The molecule has 0 aliphatic carbocycles. The first-order chi connectivity index (χ1) is 37.1. The van der Waals surface area contributed by atoms with Gasteiger partial charge in [0.05, 0.1) is 82.3 Å². The van der Waals surface area contributed by atoms with Crippen LogP contribution in [0.1, 0.15) is 117 Å². The molecular formula is C62H67N9O6+2. The van der Waals surface area contributed by atoms with Crippen LogP contribution in [0, 0.1) is 19.3 Å². The van der Waals surface area contributed by atoms with E-state index in [4.69, 9.17) is 6.42 Å². The smallest absolute Gasteiger partial charge is 0.261 e. The van der Waals surface area contributed by atoms with Crippen molar-refractivity contribution < 1.29 is 37.7 Å². The van der Waals surface area contributed by atoms with Crippen molar-refractivity contribution in [1.82, 2.24) is 24.8 Å². The second kappa shape index (κ2) is 23.0. The third kappa shape index (κ3) is 11.6. The maximum absolute atomic E-state index is 14.0. The molecule has 0 atom stereocenters. The minimum absolute atomic E-state index is 0.0472. The Hall–Kier alpha value is -8.19. The molecule has 394 valence electrons. The lowest BCUT2D eigenvalue weighted by atomic mass is 9.86. The van der Waals surface area contributed by atoms with Gasteiger partial charge in [-0.1, -0.05) is 12.0 Å². The van der Waals surface area contributed by atoms with Gasteiger partial charge in [0.1, 0.15) is 0 Å². The van der Waals surface area contributed by atoms with Crippen molar-refractivity contribution in [1.29, 1.82) is 0 Å². The van der Waals surface area contributed by atoms with Crippen LogP contribution < -0.4 is 10.6 Å². The maximum atomic E-state index is 14.0. The van der Waals surface area contributed by atoms with Gasteiger partial charge in [-0.3, -0.25) is 53.5 Å². The van der Waals surface area contributed by atoms with E-state index in [0.29, 0.717) is 73.4 Å². The highest BCUT2D eigenvalue weighted by molar-refractivity contribution is 6.33. The van der Waals surface area contributed by atoms with E-state index < -0.39 is 23.6 Å². The van der Waals surface area contributed by atoms with Gasteiger partial charge < -0.3 is 19.6 Å². The fourth-order valence-electron chi connectivity index (χ4n) is 11.0. The standard InChI is InChI=1S/C62H65N9O6/c1-7-8-20-42-39-50(44-22-16-31-63-56(44)41(42)2)66-52(72)24-11-9-13-35-70(3,4)37-18-33-68-59(74)46-26-28-48-55-49(29-27-47(54(46)55)60(68)75)62(77)69(61(48)76)34-19-38-71(5,6)36-14-10-12-25-53(73)67-51-40-43-21-15-30-64-57(43)58-45(51)23-17-32-65-58/h1,8,15-17,20-23,26-32,39-40H,9-14,18-19,24-25,33-38H2,2-6H3/p+2/b20-8-. The minimum Gasteiger partial charge on any atom is -0.328 e. The molecule has 4 aromatic carbocycles. The van der Waals surface area contributed by atoms with Crippen LogP contribution in [0.2, 0.25) is 0 Å². The summed E-state index contributed by atoms with van der Waals surface area (Å²) < 4.78 is 1.37. The van der Waals surface area contributed by atoms with Crippen molar-refractivity contribution >= 4 is 96.4 Å². The molecule has 2 N–H and O–H groups in total. The zero-order valence-corrected chi connectivity index (χ0v) is 44.8. The largest absolute Gasteiger partial charge is 0.328 e. The summed E-state index contributed by atoms with van der Waals surface area (Å²) in [5.41, 5.74) is 6.95. The zero-order valence-electron chi connectivity index (χ0n) is 44.8. The first-order valence-electron chi connectivity index (χ1n) is 26.7.